The van der Waals surface area contributed by atoms with Crippen LogP contribution in [-0.2, 0) is 28.9 Å². The van der Waals surface area contributed by atoms with Crippen molar-refractivity contribution in [3.8, 4) is 0 Å². The van der Waals surface area contributed by atoms with Crippen LogP contribution in [0, 0.1) is 12.3 Å². The maximum Gasteiger partial charge on any atom is 0.222 e. The molecule has 0 atom stereocenters. The Balaban J connectivity index is 0.000000316. The van der Waals surface area contributed by atoms with Gasteiger partial charge in [-0.15, -0.1) is 0 Å². The number of nitrogens with two attached hydrogens (primary N) is 1. The highest BCUT2D eigenvalue weighted by Gasteiger charge is 2.31. The van der Waals surface area contributed by atoms with Crippen LogP contribution in [0.2, 0.25) is 0 Å². The third-order valence-corrected chi connectivity index (χ3v) is 6.76. The molecule has 36 heavy (non-hydrogen) atoms. The van der Waals surface area contributed by atoms with E-state index in [1.54, 1.807) is 0 Å². The smallest absolute Gasteiger partial charge is 0.222 e. The minimum Gasteiger partial charge on any atom is -0.372 e. The SMILES string of the molecule is CC1(Cc2ccccc2)CCN(C(=O)CCc2ccccc2)CC1.CCc1cccc(C)c1.NC=O. The first kappa shape index (κ1) is 28.8. The lowest BCUT2D eigenvalue weighted by Gasteiger charge is -2.39. The minimum atomic E-state index is 0.250. The van der Waals surface area contributed by atoms with Crippen molar-refractivity contribution < 1.29 is 9.59 Å². The summed E-state index contributed by atoms with van der Waals surface area (Å²) in [6, 6.07) is 29.6. The third-order valence-electron chi connectivity index (χ3n) is 6.76. The lowest BCUT2D eigenvalue weighted by Crippen LogP contribution is -2.43. The molecule has 0 aliphatic carbocycles. The Morgan fingerprint density at radius 3 is 1.92 bits per heavy atom. The van der Waals surface area contributed by atoms with Gasteiger partial charge in [0, 0.05) is 19.5 Å². The van der Waals surface area contributed by atoms with E-state index in [4.69, 9.17) is 4.79 Å². The van der Waals surface area contributed by atoms with E-state index >= 15 is 0 Å². The van der Waals surface area contributed by atoms with Crippen LogP contribution in [0.5, 0.6) is 0 Å². The van der Waals surface area contributed by atoms with Gasteiger partial charge in [0.1, 0.15) is 0 Å². The van der Waals surface area contributed by atoms with Crippen molar-refractivity contribution in [1.82, 2.24) is 4.90 Å². The largest absolute Gasteiger partial charge is 0.372 e. The molecule has 0 radical (unpaired) electrons. The average molecular weight is 487 g/mol. The Morgan fingerprint density at radius 1 is 0.889 bits per heavy atom. The summed E-state index contributed by atoms with van der Waals surface area (Å²) in [7, 11) is 0. The van der Waals surface area contributed by atoms with Crippen molar-refractivity contribution in [1.29, 1.82) is 0 Å². The van der Waals surface area contributed by atoms with Crippen LogP contribution in [0.1, 0.15) is 55.4 Å². The second kappa shape index (κ2) is 15.6. The summed E-state index contributed by atoms with van der Waals surface area (Å²) < 4.78 is 0. The molecule has 3 aromatic carbocycles. The van der Waals surface area contributed by atoms with Crippen LogP contribution >= 0.6 is 0 Å². The monoisotopic (exact) mass is 486 g/mol. The van der Waals surface area contributed by atoms with Crippen LogP contribution < -0.4 is 5.73 Å². The number of carbonyl (C=O) groups excluding carboxylic acids is 2. The first-order valence-electron chi connectivity index (χ1n) is 13.0. The molecule has 4 rings (SSSR count). The average Bonchev–Trinajstić information content (AvgIpc) is 2.89. The van der Waals surface area contributed by atoms with Crippen molar-refractivity contribution in [2.24, 2.45) is 11.1 Å². The molecule has 0 bridgehead atoms. The van der Waals surface area contributed by atoms with E-state index in [2.05, 4.69) is 98.1 Å². The number of hydrogen-bond acceptors (Lipinski definition) is 2. The molecule has 192 valence electrons. The zero-order valence-electron chi connectivity index (χ0n) is 22.2. The van der Waals surface area contributed by atoms with Gasteiger partial charge in [-0.1, -0.05) is 104 Å². The molecule has 1 heterocycles. The summed E-state index contributed by atoms with van der Waals surface area (Å²) in [5.74, 6) is 0.306. The maximum atomic E-state index is 12.5. The number of nitrogens with zero attached hydrogens (tertiary/aromatic N) is 1. The molecule has 1 saturated heterocycles. The number of hydrogen-bond donors (Lipinski definition) is 1. The lowest BCUT2D eigenvalue weighted by atomic mass is 9.75. The van der Waals surface area contributed by atoms with Crippen LogP contribution in [-0.4, -0.2) is 30.3 Å². The second-order valence-electron chi connectivity index (χ2n) is 9.82. The summed E-state index contributed by atoms with van der Waals surface area (Å²) in [5.41, 5.74) is 9.92. The number of amides is 2. The summed E-state index contributed by atoms with van der Waals surface area (Å²) in [5, 5.41) is 0. The predicted molar refractivity (Wildman–Crippen MR) is 150 cm³/mol. The summed E-state index contributed by atoms with van der Waals surface area (Å²) in [6.45, 7) is 8.47. The number of primary amides is 1. The van der Waals surface area contributed by atoms with Crippen molar-refractivity contribution in [3.63, 3.8) is 0 Å². The molecule has 1 aliphatic rings. The fraction of sp³-hybridized carbons (Fsp3) is 0.375. The van der Waals surface area contributed by atoms with Crippen molar-refractivity contribution in [2.75, 3.05) is 13.1 Å². The Morgan fingerprint density at radius 2 is 1.42 bits per heavy atom. The summed E-state index contributed by atoms with van der Waals surface area (Å²) >= 11 is 0. The molecule has 2 N–H and O–H groups in total. The molecule has 2 amide bonds. The molecule has 0 unspecified atom stereocenters. The van der Waals surface area contributed by atoms with Gasteiger partial charge in [0.05, 0.1) is 0 Å². The van der Waals surface area contributed by atoms with Gasteiger partial charge in [-0.25, -0.2) is 0 Å². The maximum absolute atomic E-state index is 12.5. The van der Waals surface area contributed by atoms with Gasteiger partial charge in [-0.05, 0) is 61.1 Å². The normalized spacial score (nSPS) is 13.9. The molecular formula is C32H42N2O2. The van der Waals surface area contributed by atoms with Gasteiger partial charge in [0.25, 0.3) is 0 Å². The van der Waals surface area contributed by atoms with E-state index < -0.39 is 0 Å². The van der Waals surface area contributed by atoms with E-state index in [-0.39, 0.29) is 6.41 Å². The molecule has 1 fully saturated rings. The fourth-order valence-corrected chi connectivity index (χ4v) is 4.55. The quantitative estimate of drug-likeness (QED) is 0.425. The van der Waals surface area contributed by atoms with Crippen LogP contribution in [0.15, 0.2) is 84.9 Å². The number of likely N-dealkylation sites (tertiary alicyclic amines) is 1. The Bertz CT molecular complexity index is 1030. The second-order valence-corrected chi connectivity index (χ2v) is 9.82. The molecule has 0 spiro atoms. The van der Waals surface area contributed by atoms with Crippen molar-refractivity contribution in [2.45, 2.75) is 59.3 Å². The van der Waals surface area contributed by atoms with E-state index in [9.17, 15) is 4.79 Å². The number of rotatable bonds is 6. The number of piperidine rings is 1. The highest BCUT2D eigenvalue weighted by atomic mass is 16.2. The fourth-order valence-electron chi connectivity index (χ4n) is 4.55. The molecule has 4 heteroatoms. The highest BCUT2D eigenvalue weighted by Crippen LogP contribution is 2.34. The van der Waals surface area contributed by atoms with Crippen molar-refractivity contribution in [3.05, 3.63) is 107 Å². The van der Waals surface area contributed by atoms with E-state index in [0.717, 1.165) is 45.2 Å². The third kappa shape index (κ3) is 10.5. The van der Waals surface area contributed by atoms with Gasteiger partial charge in [0.2, 0.25) is 12.3 Å². The molecule has 0 aromatic heterocycles. The number of carbonyl (C=O) groups is 2. The lowest BCUT2D eigenvalue weighted by molar-refractivity contribution is -0.133. The van der Waals surface area contributed by atoms with Gasteiger partial charge in [-0.3, -0.25) is 9.59 Å². The van der Waals surface area contributed by atoms with E-state index in [1.807, 2.05) is 18.2 Å². The van der Waals surface area contributed by atoms with Gasteiger partial charge < -0.3 is 10.6 Å². The first-order valence-corrected chi connectivity index (χ1v) is 13.0. The highest BCUT2D eigenvalue weighted by molar-refractivity contribution is 5.76. The van der Waals surface area contributed by atoms with Crippen LogP contribution in [0.25, 0.3) is 0 Å². The molecule has 4 nitrogen and oxygen atoms in total. The zero-order chi connectivity index (χ0) is 26.2. The number of benzene rings is 3. The Labute approximate surface area is 217 Å². The Kier molecular flexibility index (Phi) is 12.5. The standard InChI is InChI=1S/C22H27NO.C9H12.CH3NO/c1-22(18-20-10-6-3-7-11-20)14-16-23(17-15-22)21(24)13-12-19-8-4-2-5-9-19;1-3-9-6-4-5-8(2)7-9;2-1-3/h2-11H,12-18H2,1H3;4-7H,3H2,1-2H3;1H,(H2,2,3). The van der Waals surface area contributed by atoms with Crippen LogP contribution in [0.3, 0.4) is 0 Å². The molecule has 0 saturated carbocycles. The van der Waals surface area contributed by atoms with Gasteiger partial charge in [-0.2, -0.15) is 0 Å². The summed E-state index contributed by atoms with van der Waals surface area (Å²) in [6.07, 6.45) is 6.16. The van der Waals surface area contributed by atoms with E-state index in [1.165, 1.54) is 22.3 Å². The molecule has 1 aliphatic heterocycles. The number of aryl methyl sites for hydroxylation is 3. The first-order chi connectivity index (χ1) is 17.4. The molecular weight excluding hydrogens is 444 g/mol. The van der Waals surface area contributed by atoms with Gasteiger partial charge in [0.15, 0.2) is 0 Å². The van der Waals surface area contributed by atoms with Crippen LogP contribution in [0.4, 0.5) is 0 Å². The minimum absolute atomic E-state index is 0.250. The van der Waals surface area contributed by atoms with Crippen molar-refractivity contribution >= 4 is 12.3 Å². The summed E-state index contributed by atoms with van der Waals surface area (Å²) in [4.78, 5) is 23.1. The topological polar surface area (TPSA) is 63.4 Å². The van der Waals surface area contributed by atoms with E-state index in [0.29, 0.717) is 17.7 Å². The van der Waals surface area contributed by atoms with Gasteiger partial charge >= 0.3 is 0 Å². The Hall–Kier alpha value is -3.40. The molecule has 3 aromatic rings. The predicted octanol–water partition coefficient (Wildman–Crippen LogP) is 6.15. The zero-order valence-corrected chi connectivity index (χ0v) is 22.2.